The Hall–Kier alpha value is -2.33. The lowest BCUT2D eigenvalue weighted by molar-refractivity contribution is 0.936. The van der Waals surface area contributed by atoms with Gasteiger partial charge in [-0.1, -0.05) is 17.7 Å². The van der Waals surface area contributed by atoms with E-state index in [0.29, 0.717) is 0 Å². The van der Waals surface area contributed by atoms with Gasteiger partial charge in [0.25, 0.3) is 0 Å². The molecule has 0 atom stereocenters. The Bertz CT molecular complexity index is 823. The molecule has 0 aliphatic carbocycles. The van der Waals surface area contributed by atoms with E-state index in [2.05, 4.69) is 39.0 Å². The molecule has 0 aliphatic rings. The van der Waals surface area contributed by atoms with Crippen molar-refractivity contribution >= 4 is 17.4 Å². The van der Waals surface area contributed by atoms with Crippen LogP contribution in [0.25, 0.3) is 22.5 Å². The molecule has 3 aromatic rings. The Morgan fingerprint density at radius 3 is 2.73 bits per heavy atom. The second kappa shape index (κ2) is 5.81. The van der Waals surface area contributed by atoms with Crippen LogP contribution in [0.1, 0.15) is 5.56 Å². The molecule has 0 saturated heterocycles. The molecule has 2 aromatic heterocycles. The molecule has 0 fully saturated rings. The SMILES string of the molecule is CNc1cc(-c2cc(-c3cc(Cl)ccc3C)n(C)c2)ncn1. The minimum Gasteiger partial charge on any atom is -0.373 e. The Morgan fingerprint density at radius 1 is 1.14 bits per heavy atom. The second-order valence-corrected chi connectivity index (χ2v) is 5.66. The number of rotatable bonds is 3. The molecule has 0 spiro atoms. The van der Waals surface area contributed by atoms with E-state index in [1.807, 2.05) is 38.4 Å². The summed E-state index contributed by atoms with van der Waals surface area (Å²) in [6.45, 7) is 2.09. The summed E-state index contributed by atoms with van der Waals surface area (Å²) in [4.78, 5) is 8.51. The van der Waals surface area contributed by atoms with Crippen molar-refractivity contribution in [1.82, 2.24) is 14.5 Å². The van der Waals surface area contributed by atoms with Crippen molar-refractivity contribution < 1.29 is 0 Å². The van der Waals surface area contributed by atoms with Gasteiger partial charge in [0.15, 0.2) is 0 Å². The molecule has 22 heavy (non-hydrogen) atoms. The monoisotopic (exact) mass is 312 g/mol. The highest BCUT2D eigenvalue weighted by molar-refractivity contribution is 6.30. The number of nitrogens with one attached hydrogen (secondary N) is 1. The van der Waals surface area contributed by atoms with Gasteiger partial charge < -0.3 is 9.88 Å². The maximum Gasteiger partial charge on any atom is 0.129 e. The predicted molar refractivity (Wildman–Crippen MR) is 91.2 cm³/mol. The predicted octanol–water partition coefficient (Wildman–Crippen LogP) is 4.15. The number of aromatic nitrogens is 3. The fourth-order valence-corrected chi connectivity index (χ4v) is 2.67. The van der Waals surface area contributed by atoms with Gasteiger partial charge in [-0.3, -0.25) is 0 Å². The molecule has 2 heterocycles. The molecule has 0 bridgehead atoms. The highest BCUT2D eigenvalue weighted by Gasteiger charge is 2.11. The lowest BCUT2D eigenvalue weighted by Crippen LogP contribution is -1.93. The minimum atomic E-state index is 0.739. The van der Waals surface area contributed by atoms with Crippen LogP contribution in [-0.4, -0.2) is 21.6 Å². The standard InChI is InChI=1S/C17H17ClN4/c1-11-4-5-13(18)7-14(11)16-6-12(9-22(16)3)15-8-17(19-2)21-10-20-15/h4-10H,1-3H3,(H,19,20,21). The first-order chi connectivity index (χ1) is 10.6. The molecule has 0 saturated carbocycles. The third-order valence-electron chi connectivity index (χ3n) is 3.70. The Kier molecular flexibility index (Phi) is 3.86. The van der Waals surface area contributed by atoms with Crippen LogP contribution in [0.15, 0.2) is 42.9 Å². The van der Waals surface area contributed by atoms with Crippen LogP contribution in [0, 0.1) is 6.92 Å². The third-order valence-corrected chi connectivity index (χ3v) is 3.93. The van der Waals surface area contributed by atoms with Gasteiger partial charge in [0.2, 0.25) is 0 Å². The van der Waals surface area contributed by atoms with Crippen LogP contribution in [0.3, 0.4) is 0 Å². The molecule has 3 rings (SSSR count). The summed E-state index contributed by atoms with van der Waals surface area (Å²) in [7, 11) is 3.87. The Balaban J connectivity index is 2.09. The van der Waals surface area contributed by atoms with Crippen molar-refractivity contribution in [2.45, 2.75) is 6.92 Å². The van der Waals surface area contributed by atoms with Crippen LogP contribution in [-0.2, 0) is 7.05 Å². The van der Waals surface area contributed by atoms with Gasteiger partial charge in [-0.2, -0.15) is 0 Å². The summed E-state index contributed by atoms with van der Waals surface area (Å²) >= 11 is 6.14. The van der Waals surface area contributed by atoms with Crippen LogP contribution in [0.2, 0.25) is 5.02 Å². The maximum atomic E-state index is 6.14. The van der Waals surface area contributed by atoms with Gasteiger partial charge in [-0.25, -0.2) is 9.97 Å². The van der Waals surface area contributed by atoms with Crippen LogP contribution < -0.4 is 5.32 Å². The molecule has 5 heteroatoms. The van der Waals surface area contributed by atoms with Crippen LogP contribution in [0.4, 0.5) is 5.82 Å². The van der Waals surface area contributed by atoms with Crippen molar-refractivity contribution in [3.63, 3.8) is 0 Å². The number of nitrogens with zero attached hydrogens (tertiary/aromatic N) is 3. The van der Waals surface area contributed by atoms with E-state index in [4.69, 9.17) is 11.6 Å². The maximum absolute atomic E-state index is 6.14. The van der Waals surface area contributed by atoms with Crippen molar-refractivity contribution in [3.05, 3.63) is 53.4 Å². The topological polar surface area (TPSA) is 42.7 Å². The molecule has 0 amide bonds. The quantitative estimate of drug-likeness (QED) is 0.790. The van der Waals surface area contributed by atoms with Gasteiger partial charge in [-0.05, 0) is 30.7 Å². The largest absolute Gasteiger partial charge is 0.373 e. The van der Waals surface area contributed by atoms with Gasteiger partial charge in [0, 0.05) is 48.2 Å². The lowest BCUT2D eigenvalue weighted by Gasteiger charge is -2.07. The number of hydrogen-bond donors (Lipinski definition) is 1. The first kappa shape index (κ1) is 14.6. The fraction of sp³-hybridized carbons (Fsp3) is 0.176. The number of anilines is 1. The molecule has 0 radical (unpaired) electrons. The molecule has 4 nitrogen and oxygen atoms in total. The molecule has 0 unspecified atom stereocenters. The molecule has 1 N–H and O–H groups in total. The smallest absolute Gasteiger partial charge is 0.129 e. The van der Waals surface area contributed by atoms with E-state index in [-0.39, 0.29) is 0 Å². The minimum absolute atomic E-state index is 0.739. The van der Waals surface area contributed by atoms with Gasteiger partial charge in [0.05, 0.1) is 5.69 Å². The number of hydrogen-bond acceptors (Lipinski definition) is 3. The number of benzene rings is 1. The average Bonchev–Trinajstić information content (AvgIpc) is 2.91. The van der Waals surface area contributed by atoms with E-state index in [9.17, 15) is 0 Å². The van der Waals surface area contributed by atoms with E-state index < -0.39 is 0 Å². The van der Waals surface area contributed by atoms with Gasteiger partial charge >= 0.3 is 0 Å². The highest BCUT2D eigenvalue weighted by atomic mass is 35.5. The zero-order chi connectivity index (χ0) is 15.7. The molecular weight excluding hydrogens is 296 g/mol. The van der Waals surface area contributed by atoms with Crippen LogP contribution >= 0.6 is 11.6 Å². The summed E-state index contributed by atoms with van der Waals surface area (Å²) in [6, 6.07) is 10.0. The van der Waals surface area contributed by atoms with E-state index in [1.54, 1.807) is 6.33 Å². The first-order valence-corrected chi connectivity index (χ1v) is 7.39. The highest BCUT2D eigenvalue weighted by Crippen LogP contribution is 2.31. The van der Waals surface area contributed by atoms with Crippen molar-refractivity contribution in [1.29, 1.82) is 0 Å². The third kappa shape index (κ3) is 2.70. The number of aryl methyl sites for hydroxylation is 2. The summed E-state index contributed by atoms with van der Waals surface area (Å²) in [5.74, 6) is 0.800. The van der Waals surface area contributed by atoms with Crippen LogP contribution in [0.5, 0.6) is 0 Å². The van der Waals surface area contributed by atoms with E-state index in [1.165, 1.54) is 5.56 Å². The molecular formula is C17H17ClN4. The second-order valence-electron chi connectivity index (χ2n) is 5.22. The van der Waals surface area contributed by atoms with E-state index >= 15 is 0 Å². The van der Waals surface area contributed by atoms with Crippen molar-refractivity contribution in [3.8, 4) is 22.5 Å². The zero-order valence-corrected chi connectivity index (χ0v) is 13.5. The zero-order valence-electron chi connectivity index (χ0n) is 12.8. The summed E-state index contributed by atoms with van der Waals surface area (Å²) in [6.07, 6.45) is 3.63. The normalized spacial score (nSPS) is 10.7. The number of halogens is 1. The summed E-state index contributed by atoms with van der Waals surface area (Å²) < 4.78 is 2.09. The lowest BCUT2D eigenvalue weighted by atomic mass is 10.1. The van der Waals surface area contributed by atoms with Gasteiger partial charge in [-0.15, -0.1) is 0 Å². The molecule has 0 aliphatic heterocycles. The van der Waals surface area contributed by atoms with E-state index in [0.717, 1.165) is 33.4 Å². The Labute approximate surface area is 134 Å². The molecule has 1 aromatic carbocycles. The van der Waals surface area contributed by atoms with Crippen molar-refractivity contribution in [2.75, 3.05) is 12.4 Å². The van der Waals surface area contributed by atoms with Crippen molar-refractivity contribution in [2.24, 2.45) is 7.05 Å². The summed E-state index contributed by atoms with van der Waals surface area (Å²) in [5, 5.41) is 3.77. The summed E-state index contributed by atoms with van der Waals surface area (Å²) in [5.41, 5.74) is 5.37. The van der Waals surface area contributed by atoms with Gasteiger partial charge in [0.1, 0.15) is 12.1 Å². The average molecular weight is 313 g/mol. The molecule has 112 valence electrons. The first-order valence-electron chi connectivity index (χ1n) is 7.01. The fourth-order valence-electron chi connectivity index (χ4n) is 2.49. The Morgan fingerprint density at radius 2 is 1.95 bits per heavy atom.